The van der Waals surface area contributed by atoms with Gasteiger partial charge in [0.2, 0.25) is 0 Å². The highest BCUT2D eigenvalue weighted by Gasteiger charge is 2.33. The number of halogens is 1. The Balaban J connectivity index is 1.49. The first-order valence-corrected chi connectivity index (χ1v) is 7.57. The standard InChI is InChI=1S/C15H21ClN2O2/c16-13-3-1-12(2-4-13)9-17-5-7-18(8-6-17)14-10-20-11-15(14)19/h1-4,14-15,19H,5-11H2/t14?,15-/m1/s1. The average molecular weight is 297 g/mol. The molecule has 1 aromatic carbocycles. The molecule has 2 heterocycles. The van der Waals surface area contributed by atoms with E-state index in [0.717, 1.165) is 37.7 Å². The molecule has 2 fully saturated rings. The van der Waals surface area contributed by atoms with Crippen LogP contribution in [0.2, 0.25) is 5.02 Å². The third-order valence-electron chi connectivity index (χ3n) is 4.22. The van der Waals surface area contributed by atoms with E-state index in [2.05, 4.69) is 21.9 Å². The van der Waals surface area contributed by atoms with Gasteiger partial charge in [-0.3, -0.25) is 9.80 Å². The topological polar surface area (TPSA) is 35.9 Å². The van der Waals surface area contributed by atoms with Gasteiger partial charge in [-0.05, 0) is 17.7 Å². The minimum atomic E-state index is -0.321. The van der Waals surface area contributed by atoms with Gasteiger partial charge in [0.05, 0.1) is 25.4 Å². The third kappa shape index (κ3) is 3.32. The first-order valence-electron chi connectivity index (χ1n) is 7.19. The number of aliphatic hydroxyl groups is 1. The lowest BCUT2D eigenvalue weighted by Crippen LogP contribution is -2.53. The Labute approximate surface area is 124 Å². The second-order valence-electron chi connectivity index (χ2n) is 5.61. The second kappa shape index (κ2) is 6.41. The quantitative estimate of drug-likeness (QED) is 0.910. The van der Waals surface area contributed by atoms with E-state index < -0.39 is 0 Å². The number of nitrogens with zero attached hydrogens (tertiary/aromatic N) is 2. The van der Waals surface area contributed by atoms with Crippen molar-refractivity contribution in [3.05, 3.63) is 34.9 Å². The minimum Gasteiger partial charge on any atom is -0.389 e. The normalized spacial score (nSPS) is 28.9. The lowest BCUT2D eigenvalue weighted by molar-refractivity contribution is 0.0422. The van der Waals surface area contributed by atoms with Gasteiger partial charge in [0.15, 0.2) is 0 Å². The summed E-state index contributed by atoms with van der Waals surface area (Å²) in [5, 5.41) is 10.7. The van der Waals surface area contributed by atoms with Crippen LogP contribution in [0.3, 0.4) is 0 Å². The summed E-state index contributed by atoms with van der Waals surface area (Å²) in [6, 6.07) is 8.25. The fraction of sp³-hybridized carbons (Fsp3) is 0.600. The van der Waals surface area contributed by atoms with Gasteiger partial charge < -0.3 is 9.84 Å². The van der Waals surface area contributed by atoms with Crippen molar-refractivity contribution in [2.45, 2.75) is 18.7 Å². The molecule has 0 aromatic heterocycles. The van der Waals surface area contributed by atoms with Crippen molar-refractivity contribution < 1.29 is 9.84 Å². The molecule has 2 aliphatic rings. The highest BCUT2D eigenvalue weighted by Crippen LogP contribution is 2.17. The molecular weight excluding hydrogens is 276 g/mol. The van der Waals surface area contributed by atoms with Crippen molar-refractivity contribution in [3.63, 3.8) is 0 Å². The van der Waals surface area contributed by atoms with Gasteiger partial charge in [0, 0.05) is 37.7 Å². The maximum atomic E-state index is 9.88. The largest absolute Gasteiger partial charge is 0.389 e. The lowest BCUT2D eigenvalue weighted by atomic mass is 10.1. The SMILES string of the molecule is O[C@@H]1COCC1N1CCN(Cc2ccc(Cl)cc2)CC1. The summed E-state index contributed by atoms with van der Waals surface area (Å²) < 4.78 is 5.34. The molecule has 0 saturated carbocycles. The Hall–Kier alpha value is -0.650. The van der Waals surface area contributed by atoms with Crippen LogP contribution in [0.4, 0.5) is 0 Å². The van der Waals surface area contributed by atoms with Crippen LogP contribution < -0.4 is 0 Å². The predicted molar refractivity (Wildman–Crippen MR) is 78.9 cm³/mol. The summed E-state index contributed by atoms with van der Waals surface area (Å²) in [4.78, 5) is 4.80. The number of ether oxygens (including phenoxy) is 1. The van der Waals surface area contributed by atoms with E-state index in [9.17, 15) is 5.11 Å². The lowest BCUT2D eigenvalue weighted by Gasteiger charge is -2.38. The van der Waals surface area contributed by atoms with Crippen LogP contribution in [0, 0.1) is 0 Å². The third-order valence-corrected chi connectivity index (χ3v) is 4.47. The van der Waals surface area contributed by atoms with Crippen molar-refractivity contribution in [2.24, 2.45) is 0 Å². The smallest absolute Gasteiger partial charge is 0.0950 e. The molecule has 2 atom stereocenters. The van der Waals surface area contributed by atoms with Gasteiger partial charge in [0.25, 0.3) is 0 Å². The van der Waals surface area contributed by atoms with Gasteiger partial charge in [-0.1, -0.05) is 23.7 Å². The van der Waals surface area contributed by atoms with E-state index in [-0.39, 0.29) is 12.1 Å². The Morgan fingerprint density at radius 2 is 1.80 bits per heavy atom. The summed E-state index contributed by atoms with van der Waals surface area (Å²) in [7, 11) is 0. The molecule has 4 nitrogen and oxygen atoms in total. The molecule has 5 heteroatoms. The molecule has 0 amide bonds. The molecule has 2 saturated heterocycles. The van der Waals surface area contributed by atoms with Gasteiger partial charge in [-0.25, -0.2) is 0 Å². The van der Waals surface area contributed by atoms with Crippen LogP contribution in [0.15, 0.2) is 24.3 Å². The number of aliphatic hydroxyl groups excluding tert-OH is 1. The van der Waals surface area contributed by atoms with E-state index in [4.69, 9.17) is 16.3 Å². The van der Waals surface area contributed by atoms with Crippen LogP contribution in [-0.2, 0) is 11.3 Å². The molecule has 110 valence electrons. The van der Waals surface area contributed by atoms with E-state index in [1.165, 1.54) is 5.56 Å². The molecule has 0 aliphatic carbocycles. The number of hydrogen-bond acceptors (Lipinski definition) is 4. The molecule has 3 rings (SSSR count). The monoisotopic (exact) mass is 296 g/mol. The van der Waals surface area contributed by atoms with Gasteiger partial charge in [-0.15, -0.1) is 0 Å². The van der Waals surface area contributed by atoms with Crippen molar-refractivity contribution >= 4 is 11.6 Å². The molecule has 20 heavy (non-hydrogen) atoms. The Morgan fingerprint density at radius 3 is 2.40 bits per heavy atom. The molecule has 0 radical (unpaired) electrons. The van der Waals surface area contributed by atoms with E-state index in [1.807, 2.05) is 12.1 Å². The van der Waals surface area contributed by atoms with Crippen LogP contribution in [0.25, 0.3) is 0 Å². The summed E-state index contributed by atoms with van der Waals surface area (Å²) in [6.07, 6.45) is -0.321. The maximum Gasteiger partial charge on any atom is 0.0950 e. The average Bonchev–Trinajstić information content (AvgIpc) is 2.89. The zero-order chi connectivity index (χ0) is 13.9. The zero-order valence-corrected chi connectivity index (χ0v) is 12.3. The van der Waals surface area contributed by atoms with Crippen LogP contribution >= 0.6 is 11.6 Å². The molecule has 0 bridgehead atoms. The van der Waals surface area contributed by atoms with E-state index in [0.29, 0.717) is 13.2 Å². The number of benzene rings is 1. The molecule has 1 N–H and O–H groups in total. The fourth-order valence-electron chi connectivity index (χ4n) is 2.98. The molecule has 2 aliphatic heterocycles. The number of hydrogen-bond donors (Lipinski definition) is 1. The zero-order valence-electron chi connectivity index (χ0n) is 11.5. The number of piperazine rings is 1. The summed E-state index contributed by atoms with van der Waals surface area (Å²) in [6.45, 7) is 6.18. The van der Waals surface area contributed by atoms with E-state index >= 15 is 0 Å². The highest BCUT2D eigenvalue weighted by atomic mass is 35.5. The van der Waals surface area contributed by atoms with Gasteiger partial charge in [-0.2, -0.15) is 0 Å². The minimum absolute atomic E-state index is 0.188. The van der Waals surface area contributed by atoms with Crippen molar-refractivity contribution in [1.29, 1.82) is 0 Å². The molecule has 1 aromatic rings. The fourth-order valence-corrected chi connectivity index (χ4v) is 3.11. The van der Waals surface area contributed by atoms with Crippen LogP contribution in [0.1, 0.15) is 5.56 Å². The first kappa shape index (κ1) is 14.3. The Bertz CT molecular complexity index is 432. The Kier molecular flexibility index (Phi) is 4.58. The molecule has 0 spiro atoms. The summed E-state index contributed by atoms with van der Waals surface area (Å²) >= 11 is 5.90. The van der Waals surface area contributed by atoms with Crippen molar-refractivity contribution in [1.82, 2.24) is 9.80 Å². The van der Waals surface area contributed by atoms with Gasteiger partial charge in [0.1, 0.15) is 0 Å². The first-order chi connectivity index (χ1) is 9.72. The molecular formula is C15H21ClN2O2. The highest BCUT2D eigenvalue weighted by molar-refractivity contribution is 6.30. The van der Waals surface area contributed by atoms with E-state index in [1.54, 1.807) is 0 Å². The second-order valence-corrected chi connectivity index (χ2v) is 6.05. The van der Waals surface area contributed by atoms with Crippen molar-refractivity contribution in [2.75, 3.05) is 39.4 Å². The molecule has 1 unspecified atom stereocenters. The maximum absolute atomic E-state index is 9.88. The predicted octanol–water partition coefficient (Wildman–Crippen LogP) is 1.22. The number of rotatable bonds is 3. The van der Waals surface area contributed by atoms with Crippen LogP contribution in [-0.4, -0.2) is 66.4 Å². The summed E-state index contributed by atoms with van der Waals surface area (Å²) in [5.74, 6) is 0. The van der Waals surface area contributed by atoms with Crippen molar-refractivity contribution in [3.8, 4) is 0 Å². The summed E-state index contributed by atoms with van der Waals surface area (Å²) in [5.41, 5.74) is 1.30. The van der Waals surface area contributed by atoms with Gasteiger partial charge >= 0.3 is 0 Å². The Morgan fingerprint density at radius 1 is 1.10 bits per heavy atom. The van der Waals surface area contributed by atoms with Crippen LogP contribution in [0.5, 0.6) is 0 Å².